The van der Waals surface area contributed by atoms with Crippen LogP contribution in [0.15, 0.2) is 72.1 Å². The zero-order chi connectivity index (χ0) is 18.2. The molecule has 0 unspecified atom stereocenters. The maximum Gasteiger partial charge on any atom is 0.234 e. The molecule has 3 rings (SSSR count). The van der Waals surface area contributed by atoms with Crippen molar-refractivity contribution < 1.29 is 9.53 Å². The van der Waals surface area contributed by atoms with E-state index in [4.69, 9.17) is 4.74 Å². The van der Waals surface area contributed by atoms with Gasteiger partial charge in [-0.15, -0.1) is 11.3 Å². The van der Waals surface area contributed by atoms with Crippen molar-refractivity contribution in [2.45, 2.75) is 12.6 Å². The van der Waals surface area contributed by atoms with Gasteiger partial charge in [0.15, 0.2) is 0 Å². The molecule has 1 heterocycles. The second-order valence-electron chi connectivity index (χ2n) is 5.86. The van der Waals surface area contributed by atoms with Gasteiger partial charge in [0.05, 0.1) is 19.7 Å². The summed E-state index contributed by atoms with van der Waals surface area (Å²) in [5.74, 6) is 0.779. The molecule has 3 aromatic rings. The molecule has 0 aliphatic heterocycles. The number of hydrogen-bond donors (Lipinski definition) is 2. The van der Waals surface area contributed by atoms with E-state index in [-0.39, 0.29) is 18.5 Å². The molecule has 1 atom stereocenters. The van der Waals surface area contributed by atoms with E-state index >= 15 is 0 Å². The molecule has 26 heavy (non-hydrogen) atoms. The highest BCUT2D eigenvalue weighted by Crippen LogP contribution is 2.25. The zero-order valence-electron chi connectivity index (χ0n) is 14.6. The van der Waals surface area contributed by atoms with Crippen LogP contribution in [0, 0.1) is 0 Å². The predicted octanol–water partition coefficient (Wildman–Crippen LogP) is 3.75. The number of benzene rings is 2. The van der Waals surface area contributed by atoms with Gasteiger partial charge >= 0.3 is 0 Å². The van der Waals surface area contributed by atoms with Crippen molar-refractivity contribution in [1.29, 1.82) is 0 Å². The van der Waals surface area contributed by atoms with E-state index in [1.807, 2.05) is 48.5 Å². The molecular weight excluding hydrogens is 344 g/mol. The van der Waals surface area contributed by atoms with Gasteiger partial charge in [-0.3, -0.25) is 10.1 Å². The van der Waals surface area contributed by atoms with Crippen molar-refractivity contribution in [3.05, 3.63) is 88.1 Å². The van der Waals surface area contributed by atoms with E-state index in [0.717, 1.165) is 16.9 Å². The Bertz CT molecular complexity index is 802. The number of ether oxygens (including phenoxy) is 1. The largest absolute Gasteiger partial charge is 0.497 e. The van der Waals surface area contributed by atoms with Crippen molar-refractivity contribution >= 4 is 17.2 Å². The molecule has 0 aliphatic rings. The van der Waals surface area contributed by atoms with Gasteiger partial charge in [0, 0.05) is 11.4 Å². The third kappa shape index (κ3) is 4.94. The number of thiophene rings is 1. The highest BCUT2D eigenvalue weighted by atomic mass is 32.1. The summed E-state index contributed by atoms with van der Waals surface area (Å²) >= 11 is 1.69. The first-order valence-electron chi connectivity index (χ1n) is 8.47. The van der Waals surface area contributed by atoms with Crippen LogP contribution in [0.1, 0.15) is 22.0 Å². The number of rotatable bonds is 8. The standard InChI is InChI=1S/C21H22N2O2S/c1-25-18-11-9-16(10-12-18)14-22-20(24)15-23-21(19-8-5-13-26-19)17-6-3-2-4-7-17/h2-13,21,23H,14-15H2,1H3,(H,22,24)/t21-/m0/s1. The molecule has 1 aromatic heterocycles. The fourth-order valence-corrected chi connectivity index (χ4v) is 3.51. The van der Waals surface area contributed by atoms with Gasteiger partial charge in [-0.1, -0.05) is 48.5 Å². The molecule has 1 amide bonds. The maximum atomic E-state index is 12.2. The second-order valence-corrected chi connectivity index (χ2v) is 6.84. The minimum Gasteiger partial charge on any atom is -0.497 e. The number of carbonyl (C=O) groups excluding carboxylic acids is 1. The summed E-state index contributed by atoms with van der Waals surface area (Å²) in [5.41, 5.74) is 2.19. The molecule has 0 spiro atoms. The monoisotopic (exact) mass is 366 g/mol. The lowest BCUT2D eigenvalue weighted by molar-refractivity contribution is -0.120. The van der Waals surface area contributed by atoms with Crippen molar-refractivity contribution in [1.82, 2.24) is 10.6 Å². The lowest BCUT2D eigenvalue weighted by atomic mass is 10.1. The Labute approximate surface area is 157 Å². The number of amides is 1. The molecule has 0 saturated carbocycles. The molecule has 2 N–H and O–H groups in total. The van der Waals surface area contributed by atoms with Gasteiger partial charge in [-0.05, 0) is 34.7 Å². The van der Waals surface area contributed by atoms with Crippen LogP contribution in [0.2, 0.25) is 0 Å². The number of hydrogen-bond acceptors (Lipinski definition) is 4. The van der Waals surface area contributed by atoms with Crippen LogP contribution in [-0.4, -0.2) is 19.6 Å². The van der Waals surface area contributed by atoms with Gasteiger partial charge in [0.25, 0.3) is 0 Å². The van der Waals surface area contributed by atoms with E-state index in [1.54, 1.807) is 18.4 Å². The highest BCUT2D eigenvalue weighted by molar-refractivity contribution is 7.10. The fraction of sp³-hybridized carbons (Fsp3) is 0.190. The summed E-state index contributed by atoms with van der Waals surface area (Å²) in [5, 5.41) is 8.37. The van der Waals surface area contributed by atoms with Crippen LogP contribution in [0.4, 0.5) is 0 Å². The molecule has 0 saturated heterocycles. The maximum absolute atomic E-state index is 12.2. The summed E-state index contributed by atoms with van der Waals surface area (Å²) < 4.78 is 5.14. The molecular formula is C21H22N2O2S. The quantitative estimate of drug-likeness (QED) is 0.638. The predicted molar refractivity (Wildman–Crippen MR) is 105 cm³/mol. The first-order valence-corrected chi connectivity index (χ1v) is 9.35. The molecule has 0 fully saturated rings. The first-order chi connectivity index (χ1) is 12.8. The van der Waals surface area contributed by atoms with Crippen molar-refractivity contribution in [3.63, 3.8) is 0 Å². The number of nitrogens with one attached hydrogen (secondary N) is 2. The van der Waals surface area contributed by atoms with Crippen molar-refractivity contribution in [2.75, 3.05) is 13.7 Å². The number of methoxy groups -OCH3 is 1. The first kappa shape index (κ1) is 18.2. The molecule has 0 radical (unpaired) electrons. The molecule has 5 heteroatoms. The normalized spacial score (nSPS) is 11.7. The van der Waals surface area contributed by atoms with E-state index in [9.17, 15) is 4.79 Å². The van der Waals surface area contributed by atoms with E-state index in [0.29, 0.717) is 6.54 Å². The van der Waals surface area contributed by atoms with Crippen LogP contribution in [0.3, 0.4) is 0 Å². The summed E-state index contributed by atoms with van der Waals surface area (Å²) in [6.45, 7) is 0.757. The van der Waals surface area contributed by atoms with Crippen LogP contribution in [-0.2, 0) is 11.3 Å². The average Bonchev–Trinajstić information content (AvgIpc) is 3.22. The SMILES string of the molecule is COc1ccc(CNC(=O)CN[C@@H](c2ccccc2)c2cccs2)cc1. The van der Waals surface area contributed by atoms with Crippen molar-refractivity contribution in [3.8, 4) is 5.75 Å². The third-order valence-corrected chi connectivity index (χ3v) is 5.01. The topological polar surface area (TPSA) is 50.4 Å². The summed E-state index contributed by atoms with van der Waals surface area (Å²) in [4.78, 5) is 13.4. The highest BCUT2D eigenvalue weighted by Gasteiger charge is 2.15. The summed E-state index contributed by atoms with van der Waals surface area (Å²) in [6, 6.07) is 22.0. The lowest BCUT2D eigenvalue weighted by Gasteiger charge is -2.18. The Morgan fingerprint density at radius 2 is 1.81 bits per heavy atom. The van der Waals surface area contributed by atoms with E-state index < -0.39 is 0 Å². The Balaban J connectivity index is 1.55. The Kier molecular flexibility index (Phi) is 6.41. The van der Waals surface area contributed by atoms with E-state index in [2.05, 4.69) is 34.2 Å². The average molecular weight is 366 g/mol. The lowest BCUT2D eigenvalue weighted by Crippen LogP contribution is -2.35. The van der Waals surface area contributed by atoms with Gasteiger partial charge in [0.2, 0.25) is 5.91 Å². The Morgan fingerprint density at radius 3 is 2.46 bits per heavy atom. The third-order valence-electron chi connectivity index (χ3n) is 4.08. The zero-order valence-corrected chi connectivity index (χ0v) is 15.5. The minimum atomic E-state index is -0.0293. The Hall–Kier alpha value is -2.63. The van der Waals surface area contributed by atoms with Gasteiger partial charge in [-0.2, -0.15) is 0 Å². The molecule has 134 valence electrons. The van der Waals surface area contributed by atoms with Crippen LogP contribution < -0.4 is 15.4 Å². The Morgan fingerprint density at radius 1 is 1.04 bits per heavy atom. The van der Waals surface area contributed by atoms with Crippen LogP contribution >= 0.6 is 11.3 Å². The summed E-state index contributed by atoms with van der Waals surface area (Å²) in [6.07, 6.45) is 0. The molecule has 4 nitrogen and oxygen atoms in total. The fourth-order valence-electron chi connectivity index (χ4n) is 2.69. The molecule has 0 bridgehead atoms. The number of carbonyl (C=O) groups is 1. The van der Waals surface area contributed by atoms with Crippen LogP contribution in [0.25, 0.3) is 0 Å². The minimum absolute atomic E-state index is 0.0166. The molecule has 2 aromatic carbocycles. The van der Waals surface area contributed by atoms with Gasteiger partial charge in [-0.25, -0.2) is 0 Å². The van der Waals surface area contributed by atoms with Gasteiger partial charge < -0.3 is 10.1 Å². The van der Waals surface area contributed by atoms with Crippen molar-refractivity contribution in [2.24, 2.45) is 0 Å². The smallest absolute Gasteiger partial charge is 0.234 e. The van der Waals surface area contributed by atoms with E-state index in [1.165, 1.54) is 4.88 Å². The van der Waals surface area contributed by atoms with Gasteiger partial charge in [0.1, 0.15) is 5.75 Å². The van der Waals surface area contributed by atoms with Crippen LogP contribution in [0.5, 0.6) is 5.75 Å². The second kappa shape index (κ2) is 9.17. The molecule has 0 aliphatic carbocycles. The summed E-state index contributed by atoms with van der Waals surface area (Å²) in [7, 11) is 1.64.